The second-order valence-corrected chi connectivity index (χ2v) is 9.41. The Morgan fingerprint density at radius 1 is 1.35 bits per heavy atom. The van der Waals surface area contributed by atoms with Crippen LogP contribution in [0.15, 0.2) is 18.3 Å². The normalized spacial score (nSPS) is 29.2. The molecule has 1 unspecified atom stereocenters. The van der Waals surface area contributed by atoms with E-state index in [-0.39, 0.29) is 24.2 Å². The summed E-state index contributed by atoms with van der Waals surface area (Å²) in [6, 6.07) is 3.36. The van der Waals surface area contributed by atoms with Gasteiger partial charge in [-0.3, -0.25) is 4.90 Å². The summed E-state index contributed by atoms with van der Waals surface area (Å²) in [6.45, 7) is 1.43. The molecule has 23 heavy (non-hydrogen) atoms. The molecule has 0 bridgehead atoms. The molecule has 1 saturated carbocycles. The summed E-state index contributed by atoms with van der Waals surface area (Å²) in [7, 11) is -3.10. The first-order valence-electron chi connectivity index (χ1n) is 8.21. The molecule has 0 amide bonds. The molecule has 2 saturated heterocycles. The minimum atomic E-state index is -3.10. The second kappa shape index (κ2) is 5.41. The van der Waals surface area contributed by atoms with Crippen molar-refractivity contribution in [2.45, 2.75) is 36.5 Å². The topological polar surface area (TPSA) is 59.5 Å². The molecule has 2 aliphatic heterocycles. The molecule has 0 radical (unpaired) electrons. The van der Waals surface area contributed by atoms with Crippen LogP contribution < -0.4 is 4.74 Å². The highest BCUT2D eigenvalue weighted by molar-refractivity contribution is 7.93. The van der Waals surface area contributed by atoms with Gasteiger partial charge in [0.25, 0.3) is 0 Å². The third-order valence-corrected chi connectivity index (χ3v) is 8.38. The lowest BCUT2D eigenvalue weighted by Gasteiger charge is -2.55. The van der Waals surface area contributed by atoms with E-state index in [0.29, 0.717) is 25.6 Å². The van der Waals surface area contributed by atoms with E-state index in [0.717, 1.165) is 0 Å². The summed E-state index contributed by atoms with van der Waals surface area (Å²) in [5.74, 6) is -0.413. The molecule has 5 nitrogen and oxygen atoms in total. The van der Waals surface area contributed by atoms with Crippen molar-refractivity contribution in [1.82, 2.24) is 9.88 Å². The number of sulfone groups is 1. The summed E-state index contributed by atoms with van der Waals surface area (Å²) in [4.78, 5) is 6.17. The van der Waals surface area contributed by atoms with Crippen LogP contribution in [-0.4, -0.2) is 54.5 Å². The monoisotopic (exact) mass is 340 g/mol. The van der Waals surface area contributed by atoms with Crippen LogP contribution in [0.1, 0.15) is 25.7 Å². The van der Waals surface area contributed by atoms with Crippen LogP contribution in [0.2, 0.25) is 0 Å². The second-order valence-electron chi connectivity index (χ2n) is 6.96. The Bertz CT molecular complexity index is 699. The van der Waals surface area contributed by atoms with Crippen LogP contribution >= 0.6 is 0 Å². The molecule has 3 aliphatic rings. The molecule has 0 N–H and O–H groups in total. The van der Waals surface area contributed by atoms with E-state index in [1.165, 1.54) is 37.6 Å². The van der Waals surface area contributed by atoms with Gasteiger partial charge in [0.2, 0.25) is 5.88 Å². The Balaban J connectivity index is 1.46. The zero-order valence-electron chi connectivity index (χ0n) is 12.9. The minimum Gasteiger partial charge on any atom is -0.475 e. The molecule has 1 aliphatic carbocycles. The van der Waals surface area contributed by atoms with Crippen molar-refractivity contribution in [3.05, 3.63) is 24.1 Å². The number of halogens is 1. The summed E-state index contributed by atoms with van der Waals surface area (Å²) in [6.07, 6.45) is 5.66. The molecule has 1 aromatic heterocycles. The minimum absolute atomic E-state index is 0.0397. The zero-order chi connectivity index (χ0) is 16.1. The van der Waals surface area contributed by atoms with Crippen LogP contribution in [0, 0.1) is 11.7 Å². The first-order valence-corrected chi connectivity index (χ1v) is 9.87. The fourth-order valence-electron chi connectivity index (χ4n) is 4.02. The van der Waals surface area contributed by atoms with Gasteiger partial charge < -0.3 is 4.74 Å². The Hall–Kier alpha value is -1.21. The van der Waals surface area contributed by atoms with Gasteiger partial charge in [-0.2, -0.15) is 0 Å². The van der Waals surface area contributed by atoms with E-state index in [9.17, 15) is 12.8 Å². The first-order chi connectivity index (χ1) is 11.0. The molecule has 126 valence electrons. The molecular formula is C16H21FN2O3S. The number of aromatic nitrogens is 1. The maximum Gasteiger partial charge on any atom is 0.250 e. The number of hydrogen-bond donors (Lipinski definition) is 0. The van der Waals surface area contributed by atoms with Crippen LogP contribution in [0.25, 0.3) is 0 Å². The van der Waals surface area contributed by atoms with E-state index >= 15 is 0 Å². The molecule has 0 aromatic carbocycles. The van der Waals surface area contributed by atoms with Crippen molar-refractivity contribution in [3.8, 4) is 5.88 Å². The van der Waals surface area contributed by atoms with Crippen LogP contribution in [0.5, 0.6) is 5.88 Å². The Kier molecular flexibility index (Phi) is 3.61. The van der Waals surface area contributed by atoms with Crippen molar-refractivity contribution in [2.24, 2.45) is 5.92 Å². The fraction of sp³-hybridized carbons (Fsp3) is 0.688. The maximum absolute atomic E-state index is 13.6. The van der Waals surface area contributed by atoms with Gasteiger partial charge in [-0.1, -0.05) is 6.42 Å². The van der Waals surface area contributed by atoms with Crippen molar-refractivity contribution in [2.75, 3.05) is 25.4 Å². The summed E-state index contributed by atoms with van der Waals surface area (Å²) < 4.78 is 43.6. The molecule has 1 atom stereocenters. The third-order valence-electron chi connectivity index (χ3n) is 5.78. The van der Waals surface area contributed by atoms with Gasteiger partial charge in [0.1, 0.15) is 4.75 Å². The van der Waals surface area contributed by atoms with Crippen LogP contribution in [0.4, 0.5) is 4.39 Å². The van der Waals surface area contributed by atoms with Gasteiger partial charge in [-0.05, 0) is 31.4 Å². The van der Waals surface area contributed by atoms with E-state index in [1.807, 2.05) is 0 Å². The quantitative estimate of drug-likeness (QED) is 0.834. The highest BCUT2D eigenvalue weighted by atomic mass is 32.2. The molecule has 7 heteroatoms. The Morgan fingerprint density at radius 2 is 2.13 bits per heavy atom. The highest BCUT2D eigenvalue weighted by Crippen LogP contribution is 2.47. The van der Waals surface area contributed by atoms with Gasteiger partial charge in [0, 0.05) is 31.2 Å². The van der Waals surface area contributed by atoms with Crippen LogP contribution in [-0.2, 0) is 9.84 Å². The van der Waals surface area contributed by atoms with E-state index in [4.69, 9.17) is 4.74 Å². The van der Waals surface area contributed by atoms with Gasteiger partial charge in [-0.25, -0.2) is 17.8 Å². The molecule has 1 spiro atoms. The lowest BCUT2D eigenvalue weighted by atomic mass is 9.79. The predicted molar refractivity (Wildman–Crippen MR) is 83.5 cm³/mol. The number of rotatable bonds is 4. The maximum atomic E-state index is 13.6. The number of nitrogens with zero attached hydrogens (tertiary/aromatic N) is 2. The van der Waals surface area contributed by atoms with Gasteiger partial charge in [-0.15, -0.1) is 0 Å². The first kappa shape index (κ1) is 15.3. The standard InChI is InChI=1S/C16H21FN2O3S/c17-14-5-2-7-18-15(14)22-9-12-6-8-23(20,21)16(12)10-19(11-16)13-3-1-4-13/h2,5,7,12-13H,1,3-4,6,8-11H2. The van der Waals surface area contributed by atoms with E-state index in [2.05, 4.69) is 9.88 Å². The van der Waals surface area contributed by atoms with Gasteiger partial charge in [0.15, 0.2) is 15.7 Å². The average molecular weight is 340 g/mol. The van der Waals surface area contributed by atoms with E-state index in [1.54, 1.807) is 0 Å². The fourth-order valence-corrected chi connectivity index (χ4v) is 6.44. The molecule has 1 aromatic rings. The third kappa shape index (κ3) is 2.36. The number of likely N-dealkylation sites (tertiary alicyclic amines) is 1. The smallest absolute Gasteiger partial charge is 0.250 e. The predicted octanol–water partition coefficient (Wildman–Crippen LogP) is 1.64. The molecule has 4 rings (SSSR count). The number of ether oxygens (including phenoxy) is 1. The Labute approximate surface area is 135 Å². The SMILES string of the molecule is O=S1(=O)CCC(COc2ncccc2F)C12CN(C1CCC1)C2. The van der Waals surface area contributed by atoms with E-state index < -0.39 is 20.4 Å². The lowest BCUT2D eigenvalue weighted by Crippen LogP contribution is -2.70. The zero-order valence-corrected chi connectivity index (χ0v) is 13.8. The largest absolute Gasteiger partial charge is 0.475 e. The molecule has 3 heterocycles. The van der Waals surface area contributed by atoms with Gasteiger partial charge in [0.05, 0.1) is 12.4 Å². The summed E-state index contributed by atoms with van der Waals surface area (Å²) in [5, 5.41) is 0. The van der Waals surface area contributed by atoms with Crippen LogP contribution in [0.3, 0.4) is 0 Å². The Morgan fingerprint density at radius 3 is 2.78 bits per heavy atom. The number of hydrogen-bond acceptors (Lipinski definition) is 5. The molecule has 3 fully saturated rings. The van der Waals surface area contributed by atoms with Gasteiger partial charge >= 0.3 is 0 Å². The summed E-state index contributed by atoms with van der Waals surface area (Å²) in [5.41, 5.74) is 0. The number of pyridine rings is 1. The highest BCUT2D eigenvalue weighted by Gasteiger charge is 2.62. The lowest BCUT2D eigenvalue weighted by molar-refractivity contribution is 0.00161. The summed E-state index contributed by atoms with van der Waals surface area (Å²) >= 11 is 0. The van der Waals surface area contributed by atoms with Crippen molar-refractivity contribution in [3.63, 3.8) is 0 Å². The van der Waals surface area contributed by atoms with Crippen molar-refractivity contribution in [1.29, 1.82) is 0 Å². The van der Waals surface area contributed by atoms with Crippen molar-refractivity contribution >= 4 is 9.84 Å². The van der Waals surface area contributed by atoms with Crippen molar-refractivity contribution < 1.29 is 17.5 Å². The molecular weight excluding hydrogens is 319 g/mol. The average Bonchev–Trinajstić information content (AvgIpc) is 2.68.